The van der Waals surface area contributed by atoms with Crippen molar-refractivity contribution in [1.82, 2.24) is 15.0 Å². The summed E-state index contributed by atoms with van der Waals surface area (Å²) in [6.45, 7) is 1.67. The number of nitrogens with two attached hydrogens (primary N) is 1. The predicted molar refractivity (Wildman–Crippen MR) is 94.3 cm³/mol. The third kappa shape index (κ3) is 5.24. The molecule has 0 radical (unpaired) electrons. The van der Waals surface area contributed by atoms with Crippen molar-refractivity contribution in [2.45, 2.75) is 17.9 Å². The molecule has 7 nitrogen and oxygen atoms in total. The molecule has 1 amide bonds. The number of nitrogens with one attached hydrogen (secondary N) is 1. The van der Waals surface area contributed by atoms with Gasteiger partial charge in [-0.2, -0.15) is 15.0 Å². The number of nitrogens with zero attached hydrogens (tertiary/aromatic N) is 4. The first-order chi connectivity index (χ1) is 11.8. The van der Waals surface area contributed by atoms with Gasteiger partial charge in [-0.15, -0.1) is 11.8 Å². The highest BCUT2D eigenvalue weighted by Crippen LogP contribution is 2.20. The normalized spacial score (nSPS) is 11.9. The number of carbonyl (C=O) groups excluding carboxylic acids is 1. The van der Waals surface area contributed by atoms with Gasteiger partial charge in [0.15, 0.2) is 0 Å². The number of rotatable bonds is 6. The summed E-state index contributed by atoms with van der Waals surface area (Å²) in [6, 6.07) is 2.96. The van der Waals surface area contributed by atoms with Gasteiger partial charge in [-0.05, 0) is 19.1 Å². The molecule has 1 atom stereocenters. The van der Waals surface area contributed by atoms with E-state index in [-0.39, 0.29) is 11.6 Å². The number of benzene rings is 1. The van der Waals surface area contributed by atoms with Gasteiger partial charge in [-0.3, -0.25) is 4.79 Å². The molecule has 134 valence electrons. The first-order valence-corrected chi connectivity index (χ1v) is 8.36. The Morgan fingerprint density at radius 1 is 1.32 bits per heavy atom. The molecule has 0 bridgehead atoms. The Morgan fingerprint density at radius 3 is 2.68 bits per heavy atom. The fraction of sp³-hybridized carbons (Fsp3) is 0.333. The van der Waals surface area contributed by atoms with Crippen LogP contribution in [0.3, 0.4) is 0 Å². The number of halogens is 2. The Bertz CT molecular complexity index is 774. The second-order valence-electron chi connectivity index (χ2n) is 5.37. The van der Waals surface area contributed by atoms with Crippen LogP contribution in [0.15, 0.2) is 18.2 Å². The molecule has 1 aromatic heterocycles. The lowest BCUT2D eigenvalue weighted by Crippen LogP contribution is -2.23. The van der Waals surface area contributed by atoms with E-state index in [2.05, 4.69) is 20.3 Å². The third-order valence-corrected chi connectivity index (χ3v) is 4.25. The number of aromatic nitrogens is 3. The standard InChI is InChI=1S/C15H18F2N6OS/c1-8(13(24)19-11-5-4-9(16)6-10(11)17)25-7-12-20-14(18)22-15(21-12)23(2)3/h4-6,8H,7H2,1-3H3,(H,19,24)(H2,18,20,21,22). The van der Waals surface area contributed by atoms with Gasteiger partial charge < -0.3 is 16.0 Å². The van der Waals surface area contributed by atoms with Crippen LogP contribution < -0.4 is 16.0 Å². The van der Waals surface area contributed by atoms with Crippen LogP contribution in [-0.2, 0) is 10.5 Å². The SMILES string of the molecule is CC(SCc1nc(N)nc(N(C)C)n1)C(=O)Nc1ccc(F)cc1F. The molecule has 0 aliphatic carbocycles. The summed E-state index contributed by atoms with van der Waals surface area (Å²) in [5.74, 6) is -0.658. The fourth-order valence-electron chi connectivity index (χ4n) is 1.79. The maximum absolute atomic E-state index is 13.6. The molecule has 3 N–H and O–H groups in total. The lowest BCUT2D eigenvalue weighted by atomic mass is 10.3. The minimum Gasteiger partial charge on any atom is -0.368 e. The van der Waals surface area contributed by atoms with E-state index in [4.69, 9.17) is 5.73 Å². The molecule has 1 heterocycles. The van der Waals surface area contributed by atoms with Crippen molar-refractivity contribution in [2.75, 3.05) is 30.0 Å². The fourth-order valence-corrected chi connectivity index (χ4v) is 2.53. The van der Waals surface area contributed by atoms with Crippen molar-refractivity contribution in [3.05, 3.63) is 35.7 Å². The summed E-state index contributed by atoms with van der Waals surface area (Å²) in [5.41, 5.74) is 5.57. The van der Waals surface area contributed by atoms with Gasteiger partial charge in [0.1, 0.15) is 17.5 Å². The molecule has 0 saturated heterocycles. The van der Waals surface area contributed by atoms with Gasteiger partial charge in [0.25, 0.3) is 0 Å². The van der Waals surface area contributed by atoms with E-state index < -0.39 is 22.8 Å². The van der Waals surface area contributed by atoms with Crippen LogP contribution in [0.5, 0.6) is 0 Å². The Labute approximate surface area is 148 Å². The highest BCUT2D eigenvalue weighted by atomic mass is 32.2. The van der Waals surface area contributed by atoms with E-state index >= 15 is 0 Å². The monoisotopic (exact) mass is 368 g/mol. The molecule has 2 rings (SSSR count). The molecule has 0 aliphatic heterocycles. The summed E-state index contributed by atoms with van der Waals surface area (Å²) < 4.78 is 26.5. The van der Waals surface area contributed by atoms with Crippen molar-refractivity contribution < 1.29 is 13.6 Å². The number of hydrogen-bond acceptors (Lipinski definition) is 7. The number of nitrogen functional groups attached to an aromatic ring is 1. The Balaban J connectivity index is 1.97. The molecule has 0 saturated carbocycles. The average molecular weight is 368 g/mol. The number of thioether (sulfide) groups is 1. The predicted octanol–water partition coefficient (Wildman–Crippen LogP) is 2.06. The summed E-state index contributed by atoms with van der Waals surface area (Å²) in [6.07, 6.45) is 0. The van der Waals surface area contributed by atoms with Crippen LogP contribution in [0.1, 0.15) is 12.7 Å². The summed E-state index contributed by atoms with van der Waals surface area (Å²) in [4.78, 5) is 26.1. The van der Waals surface area contributed by atoms with Crippen molar-refractivity contribution in [2.24, 2.45) is 0 Å². The molecule has 25 heavy (non-hydrogen) atoms. The van der Waals surface area contributed by atoms with Crippen LogP contribution in [0.4, 0.5) is 26.4 Å². The van der Waals surface area contributed by atoms with Crippen molar-refractivity contribution in [1.29, 1.82) is 0 Å². The van der Waals surface area contributed by atoms with Gasteiger partial charge in [-0.1, -0.05) is 0 Å². The van der Waals surface area contributed by atoms with Gasteiger partial charge in [-0.25, -0.2) is 8.78 Å². The van der Waals surface area contributed by atoms with Crippen LogP contribution >= 0.6 is 11.8 Å². The number of carbonyl (C=O) groups is 1. The summed E-state index contributed by atoms with van der Waals surface area (Å²) in [5, 5.41) is 1.92. The second kappa shape index (κ2) is 8.06. The lowest BCUT2D eigenvalue weighted by Gasteiger charge is -2.14. The molecule has 1 aromatic carbocycles. The van der Waals surface area contributed by atoms with E-state index in [0.717, 1.165) is 6.07 Å². The molecule has 2 aromatic rings. The highest BCUT2D eigenvalue weighted by molar-refractivity contribution is 7.99. The van der Waals surface area contributed by atoms with Gasteiger partial charge in [0.2, 0.25) is 17.8 Å². The van der Waals surface area contributed by atoms with Crippen LogP contribution in [0, 0.1) is 11.6 Å². The minimum absolute atomic E-state index is 0.0712. The molecular weight excluding hydrogens is 350 g/mol. The zero-order valence-corrected chi connectivity index (χ0v) is 14.8. The Hall–Kier alpha value is -2.49. The van der Waals surface area contributed by atoms with E-state index in [1.165, 1.54) is 17.8 Å². The van der Waals surface area contributed by atoms with Crippen LogP contribution in [-0.4, -0.2) is 40.2 Å². The van der Waals surface area contributed by atoms with Gasteiger partial charge in [0.05, 0.1) is 16.7 Å². The topological polar surface area (TPSA) is 97.0 Å². The number of amides is 1. The molecule has 1 unspecified atom stereocenters. The van der Waals surface area contributed by atoms with Crippen LogP contribution in [0.25, 0.3) is 0 Å². The van der Waals surface area contributed by atoms with Crippen LogP contribution in [0.2, 0.25) is 0 Å². The third-order valence-electron chi connectivity index (χ3n) is 3.11. The zero-order valence-electron chi connectivity index (χ0n) is 14.0. The van der Waals surface area contributed by atoms with Gasteiger partial charge in [0, 0.05) is 20.2 Å². The first-order valence-electron chi connectivity index (χ1n) is 7.31. The maximum Gasteiger partial charge on any atom is 0.237 e. The van der Waals surface area contributed by atoms with E-state index in [9.17, 15) is 13.6 Å². The molecule has 0 spiro atoms. The summed E-state index contributed by atoms with van der Waals surface area (Å²) >= 11 is 1.26. The molecule has 0 aliphatic rings. The highest BCUT2D eigenvalue weighted by Gasteiger charge is 2.17. The number of hydrogen-bond donors (Lipinski definition) is 2. The smallest absolute Gasteiger partial charge is 0.237 e. The average Bonchev–Trinajstić information content (AvgIpc) is 2.54. The Morgan fingerprint density at radius 2 is 2.04 bits per heavy atom. The maximum atomic E-state index is 13.6. The minimum atomic E-state index is -0.827. The van der Waals surface area contributed by atoms with E-state index in [1.54, 1.807) is 25.9 Å². The second-order valence-corrected chi connectivity index (χ2v) is 6.70. The Kier molecular flexibility index (Phi) is 6.07. The van der Waals surface area contributed by atoms with Crippen molar-refractivity contribution in [3.8, 4) is 0 Å². The summed E-state index contributed by atoms with van der Waals surface area (Å²) in [7, 11) is 3.55. The largest absolute Gasteiger partial charge is 0.368 e. The first kappa shape index (κ1) is 18.8. The van der Waals surface area contributed by atoms with E-state index in [0.29, 0.717) is 23.6 Å². The van der Waals surface area contributed by atoms with E-state index in [1.807, 2.05) is 0 Å². The quantitative estimate of drug-likeness (QED) is 0.805. The molecule has 10 heteroatoms. The zero-order chi connectivity index (χ0) is 18.6. The molecular formula is C15H18F2N6OS. The van der Waals surface area contributed by atoms with Crippen molar-refractivity contribution in [3.63, 3.8) is 0 Å². The van der Waals surface area contributed by atoms with Crippen molar-refractivity contribution >= 4 is 35.3 Å². The molecule has 0 fully saturated rings. The van der Waals surface area contributed by atoms with Gasteiger partial charge >= 0.3 is 0 Å². The lowest BCUT2D eigenvalue weighted by molar-refractivity contribution is -0.115. The number of anilines is 3.